The highest BCUT2D eigenvalue weighted by atomic mass is 16.2. The van der Waals surface area contributed by atoms with Crippen molar-refractivity contribution in [3.8, 4) is 0 Å². The van der Waals surface area contributed by atoms with Crippen molar-refractivity contribution < 1.29 is 4.79 Å². The van der Waals surface area contributed by atoms with E-state index in [0.717, 1.165) is 25.0 Å². The van der Waals surface area contributed by atoms with E-state index in [1.807, 2.05) is 44.4 Å². The Morgan fingerprint density at radius 2 is 1.90 bits per heavy atom. The molecule has 1 N–H and O–H groups in total. The second-order valence-electron chi connectivity index (χ2n) is 5.48. The van der Waals surface area contributed by atoms with Gasteiger partial charge in [-0.05, 0) is 32.1 Å². The lowest BCUT2D eigenvalue weighted by Gasteiger charge is -2.19. The maximum Gasteiger partial charge on any atom is 0.222 e. The van der Waals surface area contributed by atoms with Gasteiger partial charge >= 0.3 is 0 Å². The molecule has 0 spiro atoms. The second kappa shape index (κ2) is 6.57. The van der Waals surface area contributed by atoms with Crippen molar-refractivity contribution in [3.63, 3.8) is 0 Å². The van der Waals surface area contributed by atoms with Gasteiger partial charge < -0.3 is 14.8 Å². The number of carbonyl (C=O) groups is 1. The zero-order valence-electron chi connectivity index (χ0n) is 12.5. The van der Waals surface area contributed by atoms with Crippen LogP contribution in [0.5, 0.6) is 0 Å². The van der Waals surface area contributed by atoms with Gasteiger partial charge in [0.05, 0.1) is 0 Å². The molecule has 0 saturated heterocycles. The minimum absolute atomic E-state index is 0.206. The molecule has 1 aromatic carbocycles. The first-order valence-electron chi connectivity index (χ1n) is 7.01. The van der Waals surface area contributed by atoms with Crippen molar-refractivity contribution in [1.29, 1.82) is 0 Å². The van der Waals surface area contributed by atoms with Gasteiger partial charge in [-0.2, -0.15) is 0 Å². The van der Waals surface area contributed by atoms with Gasteiger partial charge in [0.15, 0.2) is 0 Å². The Bertz CT molecular complexity index is 574. The summed E-state index contributed by atoms with van der Waals surface area (Å²) in [6, 6.07) is 8.21. The minimum Gasteiger partial charge on any atom is -0.361 e. The second-order valence-corrected chi connectivity index (χ2v) is 5.48. The van der Waals surface area contributed by atoms with E-state index < -0.39 is 0 Å². The van der Waals surface area contributed by atoms with Crippen molar-refractivity contribution in [2.45, 2.75) is 12.8 Å². The molecule has 0 aliphatic rings. The number of para-hydroxylation sites is 1. The lowest BCUT2D eigenvalue weighted by Crippen LogP contribution is -2.33. The van der Waals surface area contributed by atoms with Crippen LogP contribution in [-0.4, -0.2) is 54.9 Å². The fourth-order valence-electron chi connectivity index (χ4n) is 2.25. The van der Waals surface area contributed by atoms with E-state index in [1.54, 1.807) is 0 Å². The smallest absolute Gasteiger partial charge is 0.222 e. The van der Waals surface area contributed by atoms with Crippen LogP contribution in [0.25, 0.3) is 10.9 Å². The summed E-state index contributed by atoms with van der Waals surface area (Å²) in [7, 11) is 5.91. The van der Waals surface area contributed by atoms with Gasteiger partial charge in [-0.15, -0.1) is 0 Å². The van der Waals surface area contributed by atoms with Crippen molar-refractivity contribution in [1.82, 2.24) is 14.8 Å². The van der Waals surface area contributed by atoms with Gasteiger partial charge in [0.2, 0.25) is 5.91 Å². The zero-order chi connectivity index (χ0) is 14.5. The summed E-state index contributed by atoms with van der Waals surface area (Å²) in [4.78, 5) is 19.2. The van der Waals surface area contributed by atoms with E-state index in [4.69, 9.17) is 0 Å². The third kappa shape index (κ3) is 3.61. The first-order valence-corrected chi connectivity index (χ1v) is 7.01. The normalized spacial score (nSPS) is 11.2. The van der Waals surface area contributed by atoms with Gasteiger partial charge in [-0.3, -0.25) is 4.79 Å². The van der Waals surface area contributed by atoms with Crippen molar-refractivity contribution >= 4 is 16.8 Å². The molecular formula is C16H23N3O. The van der Waals surface area contributed by atoms with Gasteiger partial charge in [-0.1, -0.05) is 18.2 Å². The monoisotopic (exact) mass is 273 g/mol. The molecule has 0 aliphatic carbocycles. The molecule has 108 valence electrons. The summed E-state index contributed by atoms with van der Waals surface area (Å²) in [5, 5.41) is 1.22. The fraction of sp³-hybridized carbons (Fsp3) is 0.438. The molecule has 1 aromatic heterocycles. The molecule has 4 nitrogen and oxygen atoms in total. The van der Waals surface area contributed by atoms with Crippen molar-refractivity contribution in [3.05, 3.63) is 36.0 Å². The average Bonchev–Trinajstić information content (AvgIpc) is 2.85. The lowest BCUT2D eigenvalue weighted by atomic mass is 10.1. The fourth-order valence-corrected chi connectivity index (χ4v) is 2.25. The molecule has 0 saturated carbocycles. The third-order valence-corrected chi connectivity index (χ3v) is 3.59. The molecule has 0 radical (unpaired) electrons. The first-order chi connectivity index (χ1) is 9.58. The Labute approximate surface area is 120 Å². The molecule has 2 aromatic rings. The molecule has 0 unspecified atom stereocenters. The number of nitrogens with one attached hydrogen (secondary N) is 1. The predicted molar refractivity (Wildman–Crippen MR) is 82.8 cm³/mol. The summed E-state index contributed by atoms with van der Waals surface area (Å²) in [6.07, 6.45) is 3.36. The minimum atomic E-state index is 0.206. The summed E-state index contributed by atoms with van der Waals surface area (Å²) < 4.78 is 0. The van der Waals surface area contributed by atoms with Crippen molar-refractivity contribution in [2.24, 2.45) is 0 Å². The number of H-pyrrole nitrogens is 1. The highest BCUT2D eigenvalue weighted by molar-refractivity contribution is 5.84. The van der Waals surface area contributed by atoms with Gasteiger partial charge in [0.1, 0.15) is 0 Å². The van der Waals surface area contributed by atoms with Crippen LogP contribution in [0.15, 0.2) is 30.5 Å². The van der Waals surface area contributed by atoms with Crippen LogP contribution in [0.3, 0.4) is 0 Å². The average molecular weight is 273 g/mol. The number of nitrogens with zero attached hydrogens (tertiary/aromatic N) is 2. The summed E-state index contributed by atoms with van der Waals surface area (Å²) in [5.74, 6) is 0.206. The van der Waals surface area contributed by atoms with Crippen LogP contribution in [0.1, 0.15) is 12.0 Å². The highest BCUT2D eigenvalue weighted by Gasteiger charge is 2.10. The molecule has 2 rings (SSSR count). The van der Waals surface area contributed by atoms with Crippen LogP contribution in [0.4, 0.5) is 0 Å². The molecule has 0 fully saturated rings. The summed E-state index contributed by atoms with van der Waals surface area (Å²) in [6.45, 7) is 1.68. The number of amides is 1. The number of aromatic amines is 1. The number of rotatable bonds is 6. The van der Waals surface area contributed by atoms with Gasteiger partial charge in [0.25, 0.3) is 0 Å². The van der Waals surface area contributed by atoms with E-state index in [0.29, 0.717) is 6.42 Å². The first kappa shape index (κ1) is 14.6. The van der Waals surface area contributed by atoms with E-state index in [1.165, 1.54) is 10.9 Å². The molecule has 1 amide bonds. The zero-order valence-corrected chi connectivity index (χ0v) is 12.5. The molecular weight excluding hydrogens is 250 g/mol. The highest BCUT2D eigenvalue weighted by Crippen LogP contribution is 2.19. The number of aryl methyl sites for hydroxylation is 1. The number of hydrogen-bond donors (Lipinski definition) is 1. The van der Waals surface area contributed by atoms with Crippen molar-refractivity contribution in [2.75, 3.05) is 34.2 Å². The largest absolute Gasteiger partial charge is 0.361 e. The number of fused-ring (bicyclic) bond motifs is 1. The van der Waals surface area contributed by atoms with E-state index >= 15 is 0 Å². The van der Waals surface area contributed by atoms with Crippen LogP contribution in [0.2, 0.25) is 0 Å². The van der Waals surface area contributed by atoms with Crippen LogP contribution in [-0.2, 0) is 11.2 Å². The molecule has 4 heteroatoms. The number of carbonyl (C=O) groups excluding carboxylic acids is 1. The van der Waals surface area contributed by atoms with Crippen LogP contribution < -0.4 is 0 Å². The Hall–Kier alpha value is -1.81. The number of benzene rings is 1. The number of hydrogen-bond acceptors (Lipinski definition) is 2. The van der Waals surface area contributed by atoms with E-state index in [-0.39, 0.29) is 5.91 Å². The summed E-state index contributed by atoms with van der Waals surface area (Å²) in [5.41, 5.74) is 2.35. The third-order valence-electron chi connectivity index (χ3n) is 3.59. The summed E-state index contributed by atoms with van der Waals surface area (Å²) >= 11 is 0. The topological polar surface area (TPSA) is 39.3 Å². The SMILES string of the molecule is CN(C)CCN(C)C(=O)CCc1c[nH]c2ccccc12. The number of likely N-dealkylation sites (N-methyl/N-ethyl adjacent to an activating group) is 2. The Morgan fingerprint density at radius 1 is 1.15 bits per heavy atom. The van der Waals surface area contributed by atoms with Gasteiger partial charge in [-0.25, -0.2) is 0 Å². The molecule has 1 heterocycles. The maximum atomic E-state index is 12.1. The van der Waals surface area contributed by atoms with E-state index in [2.05, 4.69) is 22.0 Å². The number of aromatic nitrogens is 1. The quantitative estimate of drug-likeness (QED) is 0.875. The predicted octanol–water partition coefficient (Wildman–Crippen LogP) is 2.12. The van der Waals surface area contributed by atoms with Crippen LogP contribution >= 0.6 is 0 Å². The lowest BCUT2D eigenvalue weighted by molar-refractivity contribution is -0.129. The van der Waals surface area contributed by atoms with Crippen LogP contribution in [0, 0.1) is 0 Å². The Kier molecular flexibility index (Phi) is 4.79. The maximum absolute atomic E-state index is 12.1. The molecule has 0 atom stereocenters. The Morgan fingerprint density at radius 3 is 2.65 bits per heavy atom. The standard InChI is InChI=1S/C16H23N3O/c1-18(2)10-11-19(3)16(20)9-8-13-12-17-15-7-5-4-6-14(13)15/h4-7,12,17H,8-11H2,1-3H3. The van der Waals surface area contributed by atoms with Gasteiger partial charge in [0, 0.05) is 43.7 Å². The van der Waals surface area contributed by atoms with E-state index in [9.17, 15) is 4.79 Å². The Balaban J connectivity index is 1.90. The molecule has 0 bridgehead atoms. The molecule has 0 aliphatic heterocycles. The molecule has 20 heavy (non-hydrogen) atoms.